The number of anilines is 2. The van der Waals surface area contributed by atoms with Gasteiger partial charge < -0.3 is 15.3 Å². The Morgan fingerprint density at radius 2 is 1.90 bits per heavy atom. The Kier molecular flexibility index (Phi) is 6.28. The standard InChI is InChI=1S/C20H26F3N5O/c1-19(2)12-27(8-9-28(19)13-20(21,22)23)18-10-17(25-14-26-18)24-11-16(29)15-6-4-3-5-7-15/h3-7,10,14,16,29H,8-9,11-13H2,1-2H3,(H,24,25,26). The molecule has 1 aliphatic rings. The van der Waals surface area contributed by atoms with Crippen molar-refractivity contribution < 1.29 is 18.3 Å². The molecule has 1 aromatic heterocycles. The quantitative estimate of drug-likeness (QED) is 0.765. The van der Waals surface area contributed by atoms with Gasteiger partial charge in [-0.2, -0.15) is 13.2 Å². The molecule has 0 bridgehead atoms. The van der Waals surface area contributed by atoms with Crippen molar-refractivity contribution in [2.24, 2.45) is 0 Å². The maximum Gasteiger partial charge on any atom is 0.401 e. The molecule has 1 aliphatic heterocycles. The summed E-state index contributed by atoms with van der Waals surface area (Å²) < 4.78 is 38.5. The van der Waals surface area contributed by atoms with Crippen molar-refractivity contribution in [3.8, 4) is 0 Å². The van der Waals surface area contributed by atoms with Crippen molar-refractivity contribution in [1.29, 1.82) is 0 Å². The van der Waals surface area contributed by atoms with Crippen LogP contribution in [-0.4, -0.2) is 64.4 Å². The fourth-order valence-electron chi connectivity index (χ4n) is 3.51. The third kappa shape index (κ3) is 5.80. The average Bonchev–Trinajstić information content (AvgIpc) is 2.67. The summed E-state index contributed by atoms with van der Waals surface area (Å²) in [6.45, 7) is 4.15. The van der Waals surface area contributed by atoms with Crippen LogP contribution < -0.4 is 10.2 Å². The molecule has 1 saturated heterocycles. The highest BCUT2D eigenvalue weighted by molar-refractivity contribution is 5.49. The van der Waals surface area contributed by atoms with E-state index < -0.39 is 24.4 Å². The smallest absolute Gasteiger partial charge is 0.387 e. The van der Waals surface area contributed by atoms with Gasteiger partial charge in [0.05, 0.1) is 12.6 Å². The Hall–Kier alpha value is -2.39. The van der Waals surface area contributed by atoms with Gasteiger partial charge in [-0.15, -0.1) is 0 Å². The van der Waals surface area contributed by atoms with Gasteiger partial charge in [0.1, 0.15) is 18.0 Å². The van der Waals surface area contributed by atoms with E-state index in [1.54, 1.807) is 6.07 Å². The van der Waals surface area contributed by atoms with Gasteiger partial charge in [-0.1, -0.05) is 30.3 Å². The lowest BCUT2D eigenvalue weighted by atomic mass is 9.98. The zero-order valence-corrected chi connectivity index (χ0v) is 16.5. The molecule has 1 atom stereocenters. The molecule has 2 aromatic rings. The number of aliphatic hydroxyl groups is 1. The van der Waals surface area contributed by atoms with E-state index in [-0.39, 0.29) is 6.54 Å². The Morgan fingerprint density at radius 3 is 2.55 bits per heavy atom. The van der Waals surface area contributed by atoms with E-state index in [4.69, 9.17) is 0 Å². The summed E-state index contributed by atoms with van der Waals surface area (Å²) in [5, 5.41) is 13.4. The van der Waals surface area contributed by atoms with Crippen LogP contribution >= 0.6 is 0 Å². The lowest BCUT2D eigenvalue weighted by Gasteiger charge is -2.47. The first-order valence-corrected chi connectivity index (χ1v) is 9.50. The predicted molar refractivity (Wildman–Crippen MR) is 106 cm³/mol. The summed E-state index contributed by atoms with van der Waals surface area (Å²) in [6, 6.07) is 11.1. The monoisotopic (exact) mass is 409 g/mol. The first-order valence-electron chi connectivity index (χ1n) is 9.50. The van der Waals surface area contributed by atoms with Crippen LogP contribution in [0.25, 0.3) is 0 Å². The number of halogens is 3. The summed E-state index contributed by atoms with van der Waals surface area (Å²) in [5.74, 6) is 1.21. The number of rotatable bonds is 6. The van der Waals surface area contributed by atoms with Gasteiger partial charge in [-0.25, -0.2) is 9.97 Å². The lowest BCUT2D eigenvalue weighted by molar-refractivity contribution is -0.158. The number of hydrogen-bond acceptors (Lipinski definition) is 6. The number of alkyl halides is 3. The molecule has 9 heteroatoms. The lowest BCUT2D eigenvalue weighted by Crippen LogP contribution is -2.61. The highest BCUT2D eigenvalue weighted by atomic mass is 19.4. The average molecular weight is 409 g/mol. The SMILES string of the molecule is CC1(C)CN(c2cc(NCC(O)c3ccccc3)ncn2)CCN1CC(F)(F)F. The third-order valence-corrected chi connectivity index (χ3v) is 5.08. The van der Waals surface area contributed by atoms with E-state index >= 15 is 0 Å². The third-order valence-electron chi connectivity index (χ3n) is 5.08. The van der Waals surface area contributed by atoms with E-state index in [1.165, 1.54) is 11.2 Å². The Bertz CT molecular complexity index is 800. The van der Waals surface area contributed by atoms with Crippen molar-refractivity contribution in [1.82, 2.24) is 14.9 Å². The normalized spacial score (nSPS) is 18.5. The predicted octanol–water partition coefficient (Wildman–Crippen LogP) is 3.09. The van der Waals surface area contributed by atoms with Crippen LogP contribution in [0.1, 0.15) is 25.5 Å². The molecule has 1 unspecified atom stereocenters. The number of aliphatic hydroxyl groups excluding tert-OH is 1. The molecule has 2 N–H and O–H groups in total. The molecular weight excluding hydrogens is 383 g/mol. The highest BCUT2D eigenvalue weighted by Gasteiger charge is 2.40. The minimum atomic E-state index is -4.22. The fraction of sp³-hybridized carbons (Fsp3) is 0.500. The van der Waals surface area contributed by atoms with E-state index in [9.17, 15) is 18.3 Å². The van der Waals surface area contributed by atoms with Crippen LogP contribution in [-0.2, 0) is 0 Å². The molecule has 0 aliphatic carbocycles. The van der Waals surface area contributed by atoms with Gasteiger partial charge in [0.15, 0.2) is 0 Å². The van der Waals surface area contributed by atoms with Crippen molar-refractivity contribution in [2.75, 3.05) is 42.9 Å². The minimum Gasteiger partial charge on any atom is -0.387 e. The molecule has 1 fully saturated rings. The summed E-state index contributed by atoms with van der Waals surface area (Å²) >= 11 is 0. The first kappa shape index (κ1) is 21.3. The van der Waals surface area contributed by atoms with Gasteiger partial charge >= 0.3 is 6.18 Å². The number of nitrogens with zero attached hydrogens (tertiary/aromatic N) is 4. The molecule has 1 aromatic carbocycles. The summed E-state index contributed by atoms with van der Waals surface area (Å²) in [5.41, 5.74) is 0.160. The molecular formula is C20H26F3N5O. The first-order chi connectivity index (χ1) is 13.6. The largest absolute Gasteiger partial charge is 0.401 e. The second-order valence-corrected chi connectivity index (χ2v) is 7.84. The van der Waals surface area contributed by atoms with Crippen LogP contribution in [0.5, 0.6) is 0 Å². The number of piperazine rings is 1. The number of hydrogen-bond donors (Lipinski definition) is 2. The molecule has 3 rings (SSSR count). The molecule has 29 heavy (non-hydrogen) atoms. The number of benzene rings is 1. The van der Waals surface area contributed by atoms with Crippen LogP contribution in [0, 0.1) is 0 Å². The molecule has 0 saturated carbocycles. The fourth-order valence-corrected chi connectivity index (χ4v) is 3.51. The molecule has 0 spiro atoms. The summed E-state index contributed by atoms with van der Waals surface area (Å²) in [4.78, 5) is 11.9. The van der Waals surface area contributed by atoms with Crippen molar-refractivity contribution in [3.05, 3.63) is 48.3 Å². The van der Waals surface area contributed by atoms with Gasteiger partial charge in [0.25, 0.3) is 0 Å². The second kappa shape index (κ2) is 8.54. The van der Waals surface area contributed by atoms with E-state index in [0.29, 0.717) is 31.3 Å². The summed E-state index contributed by atoms with van der Waals surface area (Å²) in [7, 11) is 0. The molecule has 158 valence electrons. The zero-order chi connectivity index (χ0) is 21.1. The van der Waals surface area contributed by atoms with Crippen LogP contribution in [0.15, 0.2) is 42.7 Å². The van der Waals surface area contributed by atoms with Gasteiger partial charge in [0, 0.05) is 37.8 Å². The van der Waals surface area contributed by atoms with Gasteiger partial charge in [-0.05, 0) is 19.4 Å². The Labute approximate surface area is 168 Å². The van der Waals surface area contributed by atoms with E-state index in [0.717, 1.165) is 5.56 Å². The van der Waals surface area contributed by atoms with Crippen molar-refractivity contribution >= 4 is 11.6 Å². The number of nitrogens with one attached hydrogen (secondary N) is 1. The highest BCUT2D eigenvalue weighted by Crippen LogP contribution is 2.28. The van der Waals surface area contributed by atoms with E-state index in [2.05, 4.69) is 15.3 Å². The molecule has 6 nitrogen and oxygen atoms in total. The van der Waals surface area contributed by atoms with Crippen molar-refractivity contribution in [2.45, 2.75) is 31.7 Å². The minimum absolute atomic E-state index is 0.283. The maximum absolute atomic E-state index is 12.8. The zero-order valence-electron chi connectivity index (χ0n) is 16.5. The van der Waals surface area contributed by atoms with Crippen molar-refractivity contribution in [3.63, 3.8) is 0 Å². The number of aromatic nitrogens is 2. The molecule has 0 radical (unpaired) electrons. The van der Waals surface area contributed by atoms with E-state index in [1.807, 2.05) is 49.1 Å². The summed E-state index contributed by atoms with van der Waals surface area (Å²) in [6.07, 6.45) is -3.48. The van der Waals surface area contributed by atoms with Crippen LogP contribution in [0.2, 0.25) is 0 Å². The molecule has 2 heterocycles. The van der Waals surface area contributed by atoms with Gasteiger partial charge in [-0.3, -0.25) is 4.90 Å². The van der Waals surface area contributed by atoms with Crippen LogP contribution in [0.4, 0.5) is 24.8 Å². The maximum atomic E-state index is 12.8. The van der Waals surface area contributed by atoms with Gasteiger partial charge in [0.2, 0.25) is 0 Å². The Morgan fingerprint density at radius 1 is 1.17 bits per heavy atom. The Balaban J connectivity index is 1.62. The second-order valence-electron chi connectivity index (χ2n) is 7.84. The topological polar surface area (TPSA) is 64.5 Å². The van der Waals surface area contributed by atoms with Crippen LogP contribution in [0.3, 0.4) is 0 Å². The molecule has 0 amide bonds.